The van der Waals surface area contributed by atoms with E-state index in [0.717, 1.165) is 34.9 Å². The highest BCUT2D eigenvalue weighted by atomic mass is 31.1. The maximum absolute atomic E-state index is 3.91. The van der Waals surface area contributed by atoms with E-state index >= 15 is 0 Å². The zero-order chi connectivity index (χ0) is 29.7. The molecule has 3 N–H and O–H groups in total. The molecule has 0 unspecified atom stereocenters. The first-order valence-electron chi connectivity index (χ1n) is 16.0. The Morgan fingerprint density at radius 3 is 1.40 bits per heavy atom. The number of hydrogen-bond acceptors (Lipinski definition) is 0. The molecule has 9 rings (SSSR count). The second kappa shape index (κ2) is 10.9. The Hall–Kier alpha value is -4.98. The van der Waals surface area contributed by atoms with Crippen molar-refractivity contribution in [2.45, 2.75) is 32.1 Å². The molecule has 3 aromatic carbocycles. The van der Waals surface area contributed by atoms with Crippen LogP contribution in [-0.2, 0) is 25.7 Å². The Labute approximate surface area is 264 Å². The van der Waals surface area contributed by atoms with Gasteiger partial charge in [-0.25, -0.2) is 0 Å². The van der Waals surface area contributed by atoms with Crippen LogP contribution in [0.3, 0.4) is 0 Å². The second-order valence-electron chi connectivity index (χ2n) is 12.3. The van der Waals surface area contributed by atoms with Gasteiger partial charge in [0.25, 0.3) is 0 Å². The molecule has 3 nitrogen and oxygen atoms in total. The van der Waals surface area contributed by atoms with E-state index in [9.17, 15) is 0 Å². The molecule has 1 aliphatic carbocycles. The Morgan fingerprint density at radius 2 is 0.911 bits per heavy atom. The van der Waals surface area contributed by atoms with E-state index in [-0.39, 0.29) is 0 Å². The van der Waals surface area contributed by atoms with E-state index in [0.29, 0.717) is 0 Å². The number of benzene rings is 3. The minimum absolute atomic E-state index is 0.572. The van der Waals surface area contributed by atoms with E-state index < -0.39 is 7.53 Å². The molecule has 1 aliphatic heterocycles. The maximum Gasteiger partial charge on any atom is 0.0485 e. The van der Waals surface area contributed by atoms with Crippen LogP contribution in [0.2, 0.25) is 0 Å². The number of aromatic amines is 3. The van der Waals surface area contributed by atoms with Crippen molar-refractivity contribution in [2.75, 3.05) is 0 Å². The Morgan fingerprint density at radius 1 is 0.444 bits per heavy atom. The van der Waals surface area contributed by atoms with Gasteiger partial charge < -0.3 is 15.0 Å². The van der Waals surface area contributed by atoms with E-state index in [1.165, 1.54) is 58.2 Å². The zero-order valence-electron chi connectivity index (χ0n) is 25.1. The van der Waals surface area contributed by atoms with Crippen molar-refractivity contribution in [1.82, 2.24) is 15.0 Å². The Bertz CT molecular complexity index is 2140. The quantitative estimate of drug-likeness (QED) is 0.184. The summed E-state index contributed by atoms with van der Waals surface area (Å²) in [6.45, 7) is 0. The molecule has 0 spiro atoms. The first-order valence-corrected chi connectivity index (χ1v) is 17.3. The summed E-state index contributed by atoms with van der Waals surface area (Å²) in [7, 11) is -0.572. The van der Waals surface area contributed by atoms with Gasteiger partial charge in [0.05, 0.1) is 0 Å². The highest BCUT2D eigenvalue weighted by Crippen LogP contribution is 2.55. The molecule has 45 heavy (non-hydrogen) atoms. The monoisotopic (exact) mass is 599 g/mol. The van der Waals surface area contributed by atoms with Gasteiger partial charge in [-0.15, -0.1) is 0 Å². The summed E-state index contributed by atoms with van der Waals surface area (Å²) >= 11 is 0. The maximum atomic E-state index is 3.91. The standard InChI is InChI=1S/C41H34N3P/c1-4-11-27(12-5-1)40-34-21-19-29(42-34)25-38-32-17-10-18-33(32)39(45(38)31-15-8-3-9-16-31)26-30-20-22-35(43-30)41(28-13-6-2-7-14-28)37-24-23-36(40)44-37/h1-9,11-16,19-24,42-44H,10,17-18,25-26H2/b40-36-,41-37-. The highest BCUT2D eigenvalue weighted by molar-refractivity contribution is 7.59. The summed E-state index contributed by atoms with van der Waals surface area (Å²) in [5.74, 6) is 0. The molecular formula is C41H34N3P. The van der Waals surface area contributed by atoms with Crippen molar-refractivity contribution in [3.63, 3.8) is 0 Å². The molecule has 0 radical (unpaired) electrons. The van der Waals surface area contributed by atoms with Crippen LogP contribution in [0, 0.1) is 0 Å². The van der Waals surface area contributed by atoms with Crippen LogP contribution in [0.25, 0.3) is 16.5 Å². The van der Waals surface area contributed by atoms with Crippen molar-refractivity contribution in [3.05, 3.63) is 194 Å². The summed E-state index contributed by atoms with van der Waals surface area (Å²) in [5.41, 5.74) is 12.9. The zero-order valence-corrected chi connectivity index (χ0v) is 26.0. The predicted molar refractivity (Wildman–Crippen MR) is 186 cm³/mol. The molecule has 8 bridgehead atoms. The second-order valence-corrected chi connectivity index (χ2v) is 14.6. The van der Waals surface area contributed by atoms with E-state index in [2.05, 4.69) is 142 Å². The number of rotatable bonds is 3. The normalized spacial score (nSPS) is 16.5. The number of hydrogen-bond donors (Lipinski definition) is 3. The Balaban J connectivity index is 1.36. The molecule has 4 heteroatoms. The van der Waals surface area contributed by atoms with Crippen LogP contribution in [-0.4, -0.2) is 15.0 Å². The molecule has 7 aromatic rings. The lowest BCUT2D eigenvalue weighted by Gasteiger charge is -2.13. The largest absolute Gasteiger partial charge is 0.358 e. The third kappa shape index (κ3) is 4.58. The van der Waals surface area contributed by atoms with Crippen molar-refractivity contribution in [1.29, 1.82) is 0 Å². The lowest BCUT2D eigenvalue weighted by molar-refractivity contribution is 0.901. The third-order valence-corrected chi connectivity index (χ3v) is 12.3. The van der Waals surface area contributed by atoms with Crippen LogP contribution < -0.4 is 10.7 Å². The van der Waals surface area contributed by atoms with Crippen LogP contribution in [0.4, 0.5) is 0 Å². The molecule has 0 saturated carbocycles. The first-order chi connectivity index (χ1) is 22.3. The van der Waals surface area contributed by atoms with Gasteiger partial charge in [-0.1, -0.05) is 98.5 Å². The lowest BCUT2D eigenvalue weighted by Crippen LogP contribution is -2.17. The third-order valence-electron chi connectivity index (χ3n) is 9.57. The van der Waals surface area contributed by atoms with Gasteiger partial charge in [0, 0.05) is 57.5 Å². The smallest absolute Gasteiger partial charge is 0.0485 e. The summed E-state index contributed by atoms with van der Waals surface area (Å²) in [6, 6.07) is 46.5. The van der Waals surface area contributed by atoms with Gasteiger partial charge in [0.2, 0.25) is 0 Å². The fourth-order valence-electron chi connectivity index (χ4n) is 7.62. The number of fused-ring (bicyclic) bond motifs is 11. The van der Waals surface area contributed by atoms with Gasteiger partial charge in [-0.3, -0.25) is 0 Å². The van der Waals surface area contributed by atoms with Crippen LogP contribution >= 0.6 is 7.53 Å². The predicted octanol–water partition coefficient (Wildman–Crippen LogP) is 8.13. The van der Waals surface area contributed by atoms with Crippen LogP contribution in [0.1, 0.15) is 62.0 Å². The molecule has 0 amide bonds. The van der Waals surface area contributed by atoms with E-state index in [1.54, 1.807) is 21.7 Å². The fourth-order valence-corrected chi connectivity index (χ4v) is 10.7. The van der Waals surface area contributed by atoms with Gasteiger partial charge in [-0.05, 0) is 93.8 Å². The van der Waals surface area contributed by atoms with Gasteiger partial charge in [-0.2, -0.15) is 0 Å². The molecule has 0 saturated heterocycles. The van der Waals surface area contributed by atoms with Crippen molar-refractivity contribution < 1.29 is 0 Å². The number of nitrogens with one attached hydrogen (secondary N) is 3. The molecule has 218 valence electrons. The SMILES string of the molecule is c1ccc(/C2=c3\cc/c([nH]3)=C(\c3ccccc3)c3ccc([nH]3)Cc3c4c(c(p3-c3ccccc3)Cc3ccc2[nH]3)CCC4)cc1. The topological polar surface area (TPSA) is 47.4 Å². The van der Waals surface area contributed by atoms with Crippen LogP contribution in [0.5, 0.6) is 0 Å². The highest BCUT2D eigenvalue weighted by Gasteiger charge is 2.28. The summed E-state index contributed by atoms with van der Waals surface area (Å²) < 4.78 is 0. The van der Waals surface area contributed by atoms with E-state index in [1.807, 2.05) is 0 Å². The molecule has 0 fully saturated rings. The van der Waals surface area contributed by atoms with Crippen molar-refractivity contribution >= 4 is 18.7 Å². The molecule has 2 aliphatic rings. The Kier molecular flexibility index (Phi) is 6.39. The van der Waals surface area contributed by atoms with Crippen LogP contribution in [0.15, 0.2) is 127 Å². The summed E-state index contributed by atoms with van der Waals surface area (Å²) in [4.78, 5) is 11.7. The van der Waals surface area contributed by atoms with Gasteiger partial charge in [0.1, 0.15) is 0 Å². The van der Waals surface area contributed by atoms with Gasteiger partial charge >= 0.3 is 0 Å². The van der Waals surface area contributed by atoms with E-state index in [4.69, 9.17) is 0 Å². The fraction of sp³-hybridized carbons (Fsp3) is 0.122. The first kappa shape index (κ1) is 26.4. The summed E-state index contributed by atoms with van der Waals surface area (Å²) in [5, 5.41) is 6.97. The number of aromatic nitrogens is 3. The van der Waals surface area contributed by atoms with Crippen molar-refractivity contribution in [3.8, 4) is 5.30 Å². The lowest BCUT2D eigenvalue weighted by atomic mass is 10.0. The average Bonchev–Trinajstić information content (AvgIpc) is 3.92. The molecule has 5 heterocycles. The molecule has 0 atom stereocenters. The minimum Gasteiger partial charge on any atom is -0.358 e. The molecular weight excluding hydrogens is 565 g/mol. The average molecular weight is 600 g/mol. The summed E-state index contributed by atoms with van der Waals surface area (Å²) in [6.07, 6.45) is 5.57. The number of H-pyrrole nitrogens is 3. The van der Waals surface area contributed by atoms with Gasteiger partial charge in [0.15, 0.2) is 0 Å². The molecule has 4 aromatic heterocycles. The minimum atomic E-state index is -0.572. The van der Waals surface area contributed by atoms with Crippen molar-refractivity contribution in [2.24, 2.45) is 0 Å².